The van der Waals surface area contributed by atoms with Crippen molar-refractivity contribution in [1.82, 2.24) is 10.2 Å². The summed E-state index contributed by atoms with van der Waals surface area (Å²) in [6.45, 7) is 4.57. The summed E-state index contributed by atoms with van der Waals surface area (Å²) in [7, 11) is 1.43. The Morgan fingerprint density at radius 1 is 1.21 bits per heavy atom. The van der Waals surface area contributed by atoms with Gasteiger partial charge in [0, 0.05) is 19.2 Å². The topological polar surface area (TPSA) is 66.5 Å². The second-order valence-corrected chi connectivity index (χ2v) is 5.03. The van der Waals surface area contributed by atoms with E-state index in [2.05, 4.69) is 5.32 Å². The molecule has 100 valence electrons. The molecule has 1 aromatic carbocycles. The van der Waals surface area contributed by atoms with E-state index in [9.17, 15) is 14.4 Å². The summed E-state index contributed by atoms with van der Waals surface area (Å²) >= 11 is 0. The average molecular weight is 260 g/mol. The molecule has 0 saturated carbocycles. The molecule has 0 atom stereocenters. The molecule has 1 aliphatic heterocycles. The van der Waals surface area contributed by atoms with Crippen molar-refractivity contribution >= 4 is 17.7 Å². The van der Waals surface area contributed by atoms with E-state index in [1.807, 2.05) is 13.8 Å². The lowest BCUT2D eigenvalue weighted by atomic mass is 10.1. The average Bonchev–Trinajstić information content (AvgIpc) is 2.61. The first kappa shape index (κ1) is 13.3. The predicted molar refractivity (Wildman–Crippen MR) is 70.0 cm³/mol. The van der Waals surface area contributed by atoms with Crippen molar-refractivity contribution in [2.75, 3.05) is 13.6 Å². The molecular formula is C14H16N2O3. The number of imide groups is 1. The van der Waals surface area contributed by atoms with Gasteiger partial charge in [0.2, 0.25) is 0 Å². The second-order valence-electron chi connectivity index (χ2n) is 5.03. The highest BCUT2D eigenvalue weighted by Gasteiger charge is 2.33. The molecule has 3 amide bonds. The number of benzene rings is 1. The molecule has 1 N–H and O–H groups in total. The third kappa shape index (κ3) is 2.36. The molecule has 5 heteroatoms. The van der Waals surface area contributed by atoms with Crippen molar-refractivity contribution in [2.45, 2.75) is 13.8 Å². The van der Waals surface area contributed by atoms with Crippen LogP contribution in [0.25, 0.3) is 0 Å². The van der Waals surface area contributed by atoms with Gasteiger partial charge in [0.1, 0.15) is 0 Å². The van der Waals surface area contributed by atoms with Gasteiger partial charge in [0.05, 0.1) is 11.1 Å². The molecular weight excluding hydrogens is 244 g/mol. The van der Waals surface area contributed by atoms with Crippen molar-refractivity contribution in [3.8, 4) is 0 Å². The van der Waals surface area contributed by atoms with Crippen LogP contribution in [0.15, 0.2) is 18.2 Å². The molecule has 0 radical (unpaired) electrons. The van der Waals surface area contributed by atoms with Gasteiger partial charge >= 0.3 is 0 Å². The Kier molecular flexibility index (Phi) is 3.38. The number of carbonyl (C=O) groups is 3. The SMILES string of the molecule is CC(C)CNC(=O)c1ccc2c(c1)C(=O)N(C)C2=O. The predicted octanol–water partition coefficient (Wildman–Crippen LogP) is 1.30. The molecule has 0 unspecified atom stereocenters. The van der Waals surface area contributed by atoms with Gasteiger partial charge in [-0.15, -0.1) is 0 Å². The van der Waals surface area contributed by atoms with Crippen LogP contribution in [-0.4, -0.2) is 36.2 Å². The van der Waals surface area contributed by atoms with E-state index in [0.717, 1.165) is 4.90 Å². The molecule has 1 aliphatic rings. The Hall–Kier alpha value is -2.17. The first-order valence-electron chi connectivity index (χ1n) is 6.16. The lowest BCUT2D eigenvalue weighted by molar-refractivity contribution is 0.0693. The monoisotopic (exact) mass is 260 g/mol. The van der Waals surface area contributed by atoms with Gasteiger partial charge in [-0.05, 0) is 24.1 Å². The third-order valence-corrected chi connectivity index (χ3v) is 3.02. The Bertz CT molecular complexity index is 564. The van der Waals surface area contributed by atoms with Gasteiger partial charge in [-0.2, -0.15) is 0 Å². The van der Waals surface area contributed by atoms with E-state index < -0.39 is 0 Å². The molecule has 1 heterocycles. The van der Waals surface area contributed by atoms with Crippen molar-refractivity contribution in [1.29, 1.82) is 0 Å². The summed E-state index contributed by atoms with van der Waals surface area (Å²) in [5.74, 6) is -0.563. The fourth-order valence-electron chi connectivity index (χ4n) is 1.90. The normalized spacial score (nSPS) is 14.0. The zero-order chi connectivity index (χ0) is 14.2. The van der Waals surface area contributed by atoms with Crippen LogP contribution < -0.4 is 5.32 Å². The van der Waals surface area contributed by atoms with Gasteiger partial charge in [-0.3, -0.25) is 19.3 Å². The zero-order valence-corrected chi connectivity index (χ0v) is 11.2. The van der Waals surface area contributed by atoms with E-state index in [-0.39, 0.29) is 17.7 Å². The lowest BCUT2D eigenvalue weighted by Crippen LogP contribution is -2.27. The lowest BCUT2D eigenvalue weighted by Gasteiger charge is -2.08. The summed E-state index contributed by atoms with van der Waals surface area (Å²) in [6, 6.07) is 4.58. The molecule has 0 saturated heterocycles. The fraction of sp³-hybridized carbons (Fsp3) is 0.357. The van der Waals surface area contributed by atoms with Crippen molar-refractivity contribution in [3.63, 3.8) is 0 Å². The van der Waals surface area contributed by atoms with E-state index in [0.29, 0.717) is 29.2 Å². The highest BCUT2D eigenvalue weighted by molar-refractivity contribution is 6.21. The van der Waals surface area contributed by atoms with E-state index in [4.69, 9.17) is 0 Å². The first-order valence-corrected chi connectivity index (χ1v) is 6.16. The number of nitrogens with zero attached hydrogens (tertiary/aromatic N) is 1. The van der Waals surface area contributed by atoms with Crippen LogP contribution >= 0.6 is 0 Å². The Morgan fingerprint density at radius 2 is 1.84 bits per heavy atom. The van der Waals surface area contributed by atoms with Crippen LogP contribution in [0.4, 0.5) is 0 Å². The molecule has 0 fully saturated rings. The number of amides is 3. The number of hydrogen-bond donors (Lipinski definition) is 1. The molecule has 2 rings (SSSR count). The maximum atomic E-state index is 11.9. The molecule has 19 heavy (non-hydrogen) atoms. The first-order chi connectivity index (χ1) is 8.91. The number of hydrogen-bond acceptors (Lipinski definition) is 3. The number of fused-ring (bicyclic) bond motifs is 1. The summed E-state index contributed by atoms with van der Waals surface area (Å²) in [6.07, 6.45) is 0. The van der Waals surface area contributed by atoms with Gasteiger partial charge in [0.15, 0.2) is 0 Å². The van der Waals surface area contributed by atoms with E-state index in [1.165, 1.54) is 19.2 Å². The quantitative estimate of drug-likeness (QED) is 0.833. The van der Waals surface area contributed by atoms with Gasteiger partial charge in [0.25, 0.3) is 17.7 Å². The molecule has 0 aromatic heterocycles. The third-order valence-electron chi connectivity index (χ3n) is 3.02. The van der Waals surface area contributed by atoms with Gasteiger partial charge < -0.3 is 5.32 Å². The van der Waals surface area contributed by atoms with Crippen LogP contribution in [0.2, 0.25) is 0 Å². The van der Waals surface area contributed by atoms with Gasteiger partial charge in [-0.1, -0.05) is 13.8 Å². The number of nitrogens with one attached hydrogen (secondary N) is 1. The minimum absolute atomic E-state index is 0.230. The largest absolute Gasteiger partial charge is 0.352 e. The van der Waals surface area contributed by atoms with Crippen molar-refractivity contribution in [2.24, 2.45) is 5.92 Å². The summed E-state index contributed by atoms with van der Waals surface area (Å²) in [4.78, 5) is 36.5. The summed E-state index contributed by atoms with van der Waals surface area (Å²) in [5, 5.41) is 2.78. The maximum absolute atomic E-state index is 11.9. The Balaban J connectivity index is 2.26. The minimum Gasteiger partial charge on any atom is -0.352 e. The highest BCUT2D eigenvalue weighted by Crippen LogP contribution is 2.22. The standard InChI is InChI=1S/C14H16N2O3/c1-8(2)7-15-12(17)9-4-5-10-11(6-9)14(19)16(3)13(10)18/h4-6,8H,7H2,1-3H3,(H,15,17). The van der Waals surface area contributed by atoms with Crippen LogP contribution in [-0.2, 0) is 0 Å². The number of carbonyl (C=O) groups excluding carboxylic acids is 3. The summed E-state index contributed by atoms with van der Waals surface area (Å²) in [5.41, 5.74) is 1.05. The fourth-order valence-corrected chi connectivity index (χ4v) is 1.90. The minimum atomic E-state index is -0.362. The van der Waals surface area contributed by atoms with Crippen LogP contribution in [0.3, 0.4) is 0 Å². The Labute approximate surface area is 111 Å². The van der Waals surface area contributed by atoms with Crippen molar-refractivity contribution < 1.29 is 14.4 Å². The smallest absolute Gasteiger partial charge is 0.261 e. The molecule has 5 nitrogen and oxygen atoms in total. The van der Waals surface area contributed by atoms with Crippen molar-refractivity contribution in [3.05, 3.63) is 34.9 Å². The molecule has 1 aromatic rings. The van der Waals surface area contributed by atoms with Crippen LogP contribution in [0.5, 0.6) is 0 Å². The van der Waals surface area contributed by atoms with E-state index >= 15 is 0 Å². The van der Waals surface area contributed by atoms with Gasteiger partial charge in [-0.25, -0.2) is 0 Å². The highest BCUT2D eigenvalue weighted by atomic mass is 16.2. The van der Waals surface area contributed by atoms with Crippen LogP contribution in [0, 0.1) is 5.92 Å². The molecule has 0 aliphatic carbocycles. The van der Waals surface area contributed by atoms with Crippen LogP contribution in [0.1, 0.15) is 44.9 Å². The molecule has 0 bridgehead atoms. The zero-order valence-electron chi connectivity index (χ0n) is 11.2. The second kappa shape index (κ2) is 4.84. The Morgan fingerprint density at radius 3 is 2.47 bits per heavy atom. The van der Waals surface area contributed by atoms with E-state index in [1.54, 1.807) is 6.07 Å². The summed E-state index contributed by atoms with van der Waals surface area (Å²) < 4.78 is 0. The number of rotatable bonds is 3. The molecule has 0 spiro atoms. The maximum Gasteiger partial charge on any atom is 0.261 e.